The molecule has 0 spiro atoms. The number of nitrogens with zero attached hydrogens (tertiary/aromatic N) is 3. The number of nitrogens with one attached hydrogen (secondary N) is 1. The first kappa shape index (κ1) is 17.2. The van der Waals surface area contributed by atoms with Crippen molar-refractivity contribution in [3.05, 3.63) is 82.1 Å². The Balaban J connectivity index is 1.55. The predicted octanol–water partition coefficient (Wildman–Crippen LogP) is 3.26. The van der Waals surface area contributed by atoms with Crippen LogP contribution in [0.5, 0.6) is 0 Å². The average Bonchev–Trinajstić information content (AvgIpc) is 3.06. The zero-order chi connectivity index (χ0) is 17.6. The average molecular weight is 355 g/mol. The summed E-state index contributed by atoms with van der Waals surface area (Å²) in [5.74, 6) is -0.224. The maximum Gasteiger partial charge on any atom is 0.273 e. The summed E-state index contributed by atoms with van der Waals surface area (Å²) in [6.45, 7) is 3.16. The third kappa shape index (κ3) is 4.67. The Morgan fingerprint density at radius 2 is 2.04 bits per heavy atom. The first-order valence-corrected chi connectivity index (χ1v) is 8.47. The minimum Gasteiger partial charge on any atom is -0.350 e. The van der Waals surface area contributed by atoms with E-state index in [0.29, 0.717) is 30.2 Å². The van der Waals surface area contributed by atoms with E-state index in [0.717, 1.165) is 11.1 Å². The van der Waals surface area contributed by atoms with Gasteiger partial charge in [0.05, 0.1) is 12.7 Å². The number of hydrogen-bond acceptors (Lipinski definition) is 3. The van der Waals surface area contributed by atoms with Crippen molar-refractivity contribution in [3.63, 3.8) is 0 Å². The maximum absolute atomic E-state index is 12.2. The highest BCUT2D eigenvalue weighted by molar-refractivity contribution is 6.30. The fraction of sp³-hybridized carbons (Fsp3) is 0.211. The van der Waals surface area contributed by atoms with Crippen molar-refractivity contribution < 1.29 is 4.79 Å². The van der Waals surface area contributed by atoms with Gasteiger partial charge < -0.3 is 5.32 Å². The molecule has 1 heterocycles. The van der Waals surface area contributed by atoms with E-state index in [1.165, 1.54) is 5.56 Å². The quantitative estimate of drug-likeness (QED) is 0.739. The summed E-state index contributed by atoms with van der Waals surface area (Å²) < 4.78 is 1.67. The van der Waals surface area contributed by atoms with Gasteiger partial charge in [0.25, 0.3) is 5.91 Å². The van der Waals surface area contributed by atoms with Gasteiger partial charge in [-0.25, -0.2) is 4.68 Å². The van der Waals surface area contributed by atoms with Gasteiger partial charge in [-0.15, -0.1) is 5.10 Å². The lowest BCUT2D eigenvalue weighted by atomic mass is 10.1. The molecule has 0 saturated heterocycles. The molecule has 0 atom stereocenters. The lowest BCUT2D eigenvalue weighted by Crippen LogP contribution is -2.26. The molecule has 0 aliphatic rings. The van der Waals surface area contributed by atoms with E-state index in [1.807, 2.05) is 42.5 Å². The fourth-order valence-corrected chi connectivity index (χ4v) is 2.76. The van der Waals surface area contributed by atoms with Crippen molar-refractivity contribution in [3.8, 4) is 0 Å². The van der Waals surface area contributed by atoms with Gasteiger partial charge >= 0.3 is 0 Å². The molecular weight excluding hydrogens is 336 g/mol. The highest BCUT2D eigenvalue weighted by atomic mass is 35.5. The van der Waals surface area contributed by atoms with Crippen LogP contribution in [0.1, 0.15) is 27.2 Å². The number of rotatable bonds is 6. The lowest BCUT2D eigenvalue weighted by molar-refractivity contribution is 0.0949. The van der Waals surface area contributed by atoms with E-state index >= 15 is 0 Å². The molecule has 0 bridgehead atoms. The number of carbonyl (C=O) groups is 1. The lowest BCUT2D eigenvalue weighted by Gasteiger charge is -2.04. The summed E-state index contributed by atoms with van der Waals surface area (Å²) in [4.78, 5) is 12.2. The molecule has 0 aliphatic heterocycles. The van der Waals surface area contributed by atoms with E-state index in [2.05, 4.69) is 28.6 Å². The Bertz CT molecular complexity index is 875. The zero-order valence-corrected chi connectivity index (χ0v) is 14.7. The Kier molecular flexibility index (Phi) is 5.46. The minimum atomic E-state index is -0.224. The molecule has 0 radical (unpaired) electrons. The van der Waals surface area contributed by atoms with Gasteiger partial charge in [0.15, 0.2) is 5.69 Å². The Morgan fingerprint density at radius 1 is 1.20 bits per heavy atom. The van der Waals surface area contributed by atoms with Crippen molar-refractivity contribution in [1.82, 2.24) is 20.3 Å². The van der Waals surface area contributed by atoms with Crippen LogP contribution in [-0.2, 0) is 13.0 Å². The molecule has 3 aromatic rings. The van der Waals surface area contributed by atoms with Crippen LogP contribution in [0, 0.1) is 6.92 Å². The molecule has 0 aliphatic carbocycles. The summed E-state index contributed by atoms with van der Waals surface area (Å²) in [7, 11) is 0. The molecule has 3 rings (SSSR count). The monoisotopic (exact) mass is 354 g/mol. The highest BCUT2D eigenvalue weighted by Gasteiger charge is 2.11. The van der Waals surface area contributed by atoms with Crippen LogP contribution in [0.3, 0.4) is 0 Å². The summed E-state index contributed by atoms with van der Waals surface area (Å²) in [6, 6.07) is 15.7. The number of benzene rings is 2. The Morgan fingerprint density at radius 3 is 2.84 bits per heavy atom. The molecule has 1 amide bonds. The third-order valence-electron chi connectivity index (χ3n) is 3.95. The van der Waals surface area contributed by atoms with Crippen LogP contribution in [0.15, 0.2) is 54.7 Å². The number of hydrogen-bond donors (Lipinski definition) is 1. The van der Waals surface area contributed by atoms with Gasteiger partial charge in [0, 0.05) is 11.6 Å². The van der Waals surface area contributed by atoms with Crippen molar-refractivity contribution in [2.24, 2.45) is 0 Å². The van der Waals surface area contributed by atoms with E-state index < -0.39 is 0 Å². The van der Waals surface area contributed by atoms with Crippen LogP contribution in [0.25, 0.3) is 0 Å². The normalized spacial score (nSPS) is 10.6. The van der Waals surface area contributed by atoms with Crippen LogP contribution < -0.4 is 5.32 Å². The molecule has 2 aromatic carbocycles. The summed E-state index contributed by atoms with van der Waals surface area (Å²) in [5.41, 5.74) is 3.74. The smallest absolute Gasteiger partial charge is 0.273 e. The Hall–Kier alpha value is -2.66. The Labute approximate surface area is 151 Å². The third-order valence-corrected chi connectivity index (χ3v) is 4.19. The van der Waals surface area contributed by atoms with Gasteiger partial charge in [-0.3, -0.25) is 4.79 Å². The second-order valence-corrected chi connectivity index (χ2v) is 6.30. The van der Waals surface area contributed by atoms with Crippen LogP contribution in [0.4, 0.5) is 0 Å². The van der Waals surface area contributed by atoms with Gasteiger partial charge in [-0.05, 0) is 42.2 Å². The second-order valence-electron chi connectivity index (χ2n) is 5.86. The fourth-order valence-electron chi connectivity index (χ4n) is 2.55. The summed E-state index contributed by atoms with van der Waals surface area (Å²) in [5, 5.41) is 11.6. The first-order valence-electron chi connectivity index (χ1n) is 8.09. The zero-order valence-electron chi connectivity index (χ0n) is 13.9. The van der Waals surface area contributed by atoms with Crippen molar-refractivity contribution in [2.45, 2.75) is 19.9 Å². The number of carbonyl (C=O) groups excluding carboxylic acids is 1. The van der Waals surface area contributed by atoms with E-state index in [4.69, 9.17) is 11.6 Å². The number of aromatic nitrogens is 3. The maximum atomic E-state index is 12.2. The van der Waals surface area contributed by atoms with Gasteiger partial charge in [-0.1, -0.05) is 53.2 Å². The summed E-state index contributed by atoms with van der Waals surface area (Å²) >= 11 is 5.95. The van der Waals surface area contributed by atoms with E-state index in [9.17, 15) is 4.79 Å². The molecule has 0 unspecified atom stereocenters. The van der Waals surface area contributed by atoms with Crippen LogP contribution in [-0.4, -0.2) is 27.4 Å². The highest BCUT2D eigenvalue weighted by Crippen LogP contribution is 2.11. The summed E-state index contributed by atoms with van der Waals surface area (Å²) in [6.07, 6.45) is 2.38. The van der Waals surface area contributed by atoms with Gasteiger partial charge in [0.2, 0.25) is 0 Å². The van der Waals surface area contributed by atoms with Gasteiger partial charge in [-0.2, -0.15) is 0 Å². The SMILES string of the molecule is Cc1ccccc1Cn1cc(C(=O)NCCc2cccc(Cl)c2)nn1. The van der Waals surface area contributed by atoms with Crippen LogP contribution in [0.2, 0.25) is 5.02 Å². The molecule has 6 heteroatoms. The largest absolute Gasteiger partial charge is 0.350 e. The number of aryl methyl sites for hydroxylation is 1. The van der Waals surface area contributed by atoms with Crippen molar-refractivity contribution in [1.29, 1.82) is 0 Å². The minimum absolute atomic E-state index is 0.224. The van der Waals surface area contributed by atoms with Crippen molar-refractivity contribution >= 4 is 17.5 Å². The van der Waals surface area contributed by atoms with Crippen molar-refractivity contribution in [2.75, 3.05) is 6.54 Å². The topological polar surface area (TPSA) is 59.8 Å². The first-order chi connectivity index (χ1) is 12.1. The molecule has 0 fully saturated rings. The van der Waals surface area contributed by atoms with Gasteiger partial charge in [0.1, 0.15) is 0 Å². The van der Waals surface area contributed by atoms with E-state index in [-0.39, 0.29) is 5.91 Å². The molecule has 128 valence electrons. The molecule has 0 saturated carbocycles. The van der Waals surface area contributed by atoms with E-state index in [1.54, 1.807) is 10.9 Å². The number of halogens is 1. The number of amides is 1. The standard InChI is InChI=1S/C19H19ClN4O/c1-14-5-2-3-7-16(14)12-24-13-18(22-23-24)19(25)21-10-9-15-6-4-8-17(20)11-15/h2-8,11,13H,9-10,12H2,1H3,(H,21,25). The second kappa shape index (κ2) is 7.94. The molecule has 25 heavy (non-hydrogen) atoms. The van der Waals surface area contributed by atoms with Crippen LogP contribution >= 0.6 is 11.6 Å². The molecule has 1 N–H and O–H groups in total. The molecular formula is C19H19ClN4O. The molecule has 1 aromatic heterocycles. The molecule has 5 nitrogen and oxygen atoms in total. The predicted molar refractivity (Wildman–Crippen MR) is 97.8 cm³/mol.